The molecule has 0 radical (unpaired) electrons. The highest BCUT2D eigenvalue weighted by molar-refractivity contribution is 5.95. The minimum absolute atomic E-state index is 0.146. The lowest BCUT2D eigenvalue weighted by Crippen LogP contribution is -2.45. The van der Waals surface area contributed by atoms with Crippen molar-refractivity contribution in [1.82, 2.24) is 10.6 Å². The lowest BCUT2D eigenvalue weighted by atomic mass is 9.93. The number of anilines is 1. The zero-order chi connectivity index (χ0) is 22.9. The summed E-state index contributed by atoms with van der Waals surface area (Å²) in [5, 5.41) is 8.28. The smallest absolute Gasteiger partial charge is 0.337 e. The van der Waals surface area contributed by atoms with Gasteiger partial charge in [0.15, 0.2) is 6.61 Å². The van der Waals surface area contributed by atoms with Crippen LogP contribution in [-0.4, -0.2) is 31.6 Å². The Balaban J connectivity index is 1.71. The number of hydrogen-bond acceptors (Lipinski definition) is 5. The number of allylic oxidation sites excluding steroid dienone is 1. The summed E-state index contributed by atoms with van der Waals surface area (Å²) in [5.41, 5.74) is 2.36. The van der Waals surface area contributed by atoms with Crippen molar-refractivity contribution in [3.63, 3.8) is 0 Å². The van der Waals surface area contributed by atoms with Crippen LogP contribution in [0, 0.1) is 0 Å². The Morgan fingerprint density at radius 3 is 2.44 bits per heavy atom. The fraction of sp³-hybridized carbons (Fsp3) is 0.292. The number of nitrogens with one attached hydrogen (secondary N) is 3. The SMILES string of the molecule is CCCCC1=C(C(=O)OC)C(c2ccc(OCC(=O)Nc3ccccc3)cc2)NC(=O)N1. The van der Waals surface area contributed by atoms with E-state index in [0.29, 0.717) is 34.7 Å². The molecule has 1 heterocycles. The molecule has 0 saturated carbocycles. The van der Waals surface area contributed by atoms with Crippen molar-refractivity contribution < 1.29 is 23.9 Å². The van der Waals surface area contributed by atoms with Gasteiger partial charge < -0.3 is 25.4 Å². The molecule has 0 saturated heterocycles. The normalized spacial score (nSPS) is 15.4. The molecule has 3 rings (SSSR count). The van der Waals surface area contributed by atoms with E-state index in [-0.39, 0.29) is 18.5 Å². The number of esters is 1. The van der Waals surface area contributed by atoms with Crippen LogP contribution in [0.1, 0.15) is 37.8 Å². The number of hydrogen-bond donors (Lipinski definition) is 3. The van der Waals surface area contributed by atoms with Gasteiger partial charge in [0.25, 0.3) is 5.91 Å². The summed E-state index contributed by atoms with van der Waals surface area (Å²) in [6.07, 6.45) is 2.33. The Kier molecular flexibility index (Phi) is 7.85. The number of rotatable bonds is 9. The average Bonchev–Trinajstić information content (AvgIpc) is 2.81. The molecular formula is C24H27N3O5. The number of urea groups is 1. The first-order valence-electron chi connectivity index (χ1n) is 10.5. The quantitative estimate of drug-likeness (QED) is 0.519. The van der Waals surface area contributed by atoms with E-state index in [0.717, 1.165) is 12.8 Å². The first kappa shape index (κ1) is 22.9. The van der Waals surface area contributed by atoms with Crippen molar-refractivity contribution in [3.05, 3.63) is 71.4 Å². The molecule has 0 spiro atoms. The van der Waals surface area contributed by atoms with Crippen molar-refractivity contribution in [1.29, 1.82) is 0 Å². The molecule has 0 fully saturated rings. The summed E-state index contributed by atoms with van der Waals surface area (Å²) in [4.78, 5) is 36.7. The molecule has 32 heavy (non-hydrogen) atoms. The third-order valence-corrected chi connectivity index (χ3v) is 4.98. The van der Waals surface area contributed by atoms with Gasteiger partial charge in [-0.05, 0) is 42.7 Å². The number of methoxy groups -OCH3 is 1. The van der Waals surface area contributed by atoms with Crippen LogP contribution in [0.2, 0.25) is 0 Å². The van der Waals surface area contributed by atoms with Crippen LogP contribution in [0.3, 0.4) is 0 Å². The highest BCUT2D eigenvalue weighted by atomic mass is 16.5. The van der Waals surface area contributed by atoms with Crippen LogP contribution < -0.4 is 20.7 Å². The van der Waals surface area contributed by atoms with E-state index >= 15 is 0 Å². The third-order valence-electron chi connectivity index (χ3n) is 4.98. The van der Waals surface area contributed by atoms with E-state index in [1.165, 1.54) is 7.11 Å². The van der Waals surface area contributed by atoms with Gasteiger partial charge in [0.05, 0.1) is 18.7 Å². The van der Waals surface area contributed by atoms with Crippen LogP contribution in [-0.2, 0) is 14.3 Å². The largest absolute Gasteiger partial charge is 0.484 e. The molecule has 2 aromatic carbocycles. The molecule has 168 valence electrons. The van der Waals surface area contributed by atoms with Gasteiger partial charge in [-0.1, -0.05) is 43.7 Å². The van der Waals surface area contributed by atoms with Crippen molar-refractivity contribution in [2.24, 2.45) is 0 Å². The number of unbranched alkanes of at least 4 members (excludes halogenated alkanes) is 1. The van der Waals surface area contributed by atoms with Gasteiger partial charge in [-0.3, -0.25) is 4.79 Å². The summed E-state index contributed by atoms with van der Waals surface area (Å²) in [6, 6.07) is 15.0. The maximum absolute atomic E-state index is 12.5. The molecule has 1 unspecified atom stereocenters. The van der Waals surface area contributed by atoms with Crippen molar-refractivity contribution >= 4 is 23.6 Å². The summed E-state index contributed by atoms with van der Waals surface area (Å²) < 4.78 is 10.5. The topological polar surface area (TPSA) is 106 Å². The van der Waals surface area contributed by atoms with E-state index in [1.807, 2.05) is 25.1 Å². The molecule has 0 bridgehead atoms. The Labute approximate surface area is 187 Å². The minimum Gasteiger partial charge on any atom is -0.484 e. The number of benzene rings is 2. The third kappa shape index (κ3) is 5.87. The molecular weight excluding hydrogens is 410 g/mol. The second-order valence-corrected chi connectivity index (χ2v) is 7.29. The van der Waals surface area contributed by atoms with Crippen LogP contribution >= 0.6 is 0 Å². The summed E-state index contributed by atoms with van der Waals surface area (Å²) in [7, 11) is 1.32. The maximum atomic E-state index is 12.5. The molecule has 3 amide bonds. The van der Waals surface area contributed by atoms with Crippen LogP contribution in [0.4, 0.5) is 10.5 Å². The monoisotopic (exact) mass is 437 g/mol. The van der Waals surface area contributed by atoms with Crippen LogP contribution in [0.25, 0.3) is 0 Å². The van der Waals surface area contributed by atoms with Crippen LogP contribution in [0.5, 0.6) is 5.75 Å². The lowest BCUT2D eigenvalue weighted by molar-refractivity contribution is -0.136. The average molecular weight is 437 g/mol. The summed E-state index contributed by atoms with van der Waals surface area (Å²) >= 11 is 0. The van der Waals surface area contributed by atoms with E-state index in [1.54, 1.807) is 36.4 Å². The Morgan fingerprint density at radius 2 is 1.78 bits per heavy atom. The number of carbonyl (C=O) groups is 3. The fourth-order valence-corrected chi connectivity index (χ4v) is 3.39. The first-order chi connectivity index (χ1) is 15.5. The molecule has 1 aliphatic heterocycles. The van der Waals surface area contributed by atoms with Crippen molar-refractivity contribution in [2.45, 2.75) is 32.2 Å². The Hall–Kier alpha value is -3.81. The number of amides is 3. The lowest BCUT2D eigenvalue weighted by Gasteiger charge is -2.29. The number of carbonyl (C=O) groups excluding carboxylic acids is 3. The second-order valence-electron chi connectivity index (χ2n) is 7.29. The summed E-state index contributed by atoms with van der Waals surface area (Å²) in [5.74, 6) is -0.277. The first-order valence-corrected chi connectivity index (χ1v) is 10.5. The van der Waals surface area contributed by atoms with E-state index in [9.17, 15) is 14.4 Å². The Morgan fingerprint density at radius 1 is 1.06 bits per heavy atom. The standard InChI is InChI=1S/C24H27N3O5/c1-3-4-10-19-21(23(29)31-2)22(27-24(30)26-19)16-11-13-18(14-12-16)32-15-20(28)25-17-8-6-5-7-9-17/h5-9,11-14,22H,3-4,10,15H2,1-2H3,(H,25,28)(H2,26,27,30). The van der Waals surface area contributed by atoms with Gasteiger partial charge in [0.2, 0.25) is 0 Å². The molecule has 0 aliphatic carbocycles. The predicted octanol–water partition coefficient (Wildman–Crippen LogP) is 3.68. The van der Waals surface area contributed by atoms with Gasteiger partial charge in [-0.15, -0.1) is 0 Å². The molecule has 0 aromatic heterocycles. The molecule has 2 aromatic rings. The zero-order valence-electron chi connectivity index (χ0n) is 18.1. The molecule has 3 N–H and O–H groups in total. The van der Waals surface area contributed by atoms with Crippen molar-refractivity contribution in [3.8, 4) is 5.75 Å². The molecule has 8 heteroatoms. The highest BCUT2D eigenvalue weighted by Crippen LogP contribution is 2.30. The zero-order valence-corrected chi connectivity index (χ0v) is 18.1. The van der Waals surface area contributed by atoms with Gasteiger partial charge in [-0.2, -0.15) is 0 Å². The predicted molar refractivity (Wildman–Crippen MR) is 120 cm³/mol. The van der Waals surface area contributed by atoms with Gasteiger partial charge in [0.1, 0.15) is 5.75 Å². The van der Waals surface area contributed by atoms with Gasteiger partial charge in [-0.25, -0.2) is 9.59 Å². The number of ether oxygens (including phenoxy) is 2. The van der Waals surface area contributed by atoms with Gasteiger partial charge in [0, 0.05) is 11.4 Å². The molecule has 8 nitrogen and oxygen atoms in total. The summed E-state index contributed by atoms with van der Waals surface area (Å²) in [6.45, 7) is 1.89. The van der Waals surface area contributed by atoms with Crippen LogP contribution in [0.15, 0.2) is 65.9 Å². The maximum Gasteiger partial charge on any atom is 0.337 e. The van der Waals surface area contributed by atoms with E-state index < -0.39 is 12.0 Å². The number of para-hydroxylation sites is 1. The Bertz CT molecular complexity index is 986. The fourth-order valence-electron chi connectivity index (χ4n) is 3.39. The van der Waals surface area contributed by atoms with Crippen molar-refractivity contribution in [2.75, 3.05) is 19.0 Å². The highest BCUT2D eigenvalue weighted by Gasteiger charge is 2.33. The van der Waals surface area contributed by atoms with E-state index in [4.69, 9.17) is 9.47 Å². The van der Waals surface area contributed by atoms with Gasteiger partial charge >= 0.3 is 12.0 Å². The second kappa shape index (κ2) is 11.0. The molecule has 1 atom stereocenters. The minimum atomic E-state index is -0.640. The van der Waals surface area contributed by atoms with E-state index in [2.05, 4.69) is 16.0 Å². The molecule has 1 aliphatic rings.